The van der Waals surface area contributed by atoms with Crippen LogP contribution in [0, 0.1) is 5.41 Å². The van der Waals surface area contributed by atoms with Crippen LogP contribution in [0.1, 0.15) is 31.2 Å². The van der Waals surface area contributed by atoms with Crippen LogP contribution in [0.5, 0.6) is 0 Å². The first-order chi connectivity index (χ1) is 8.66. The Morgan fingerprint density at radius 2 is 1.84 bits per heavy atom. The minimum atomic E-state index is -0.310. The van der Waals surface area contributed by atoms with Gasteiger partial charge in [0.25, 0.3) is 0 Å². The molecule has 0 saturated heterocycles. The van der Waals surface area contributed by atoms with Gasteiger partial charge in [0.15, 0.2) is 0 Å². The third-order valence-electron chi connectivity index (χ3n) is 3.80. The molecule has 0 spiro atoms. The van der Waals surface area contributed by atoms with Crippen LogP contribution in [-0.2, 0) is 11.3 Å². The van der Waals surface area contributed by atoms with E-state index in [1.807, 2.05) is 24.3 Å². The van der Waals surface area contributed by atoms with Gasteiger partial charge >= 0.3 is 0 Å². The zero-order valence-electron chi connectivity index (χ0n) is 10.8. The van der Waals surface area contributed by atoms with Crippen LogP contribution >= 0.6 is 28.3 Å². The Morgan fingerprint density at radius 3 is 2.37 bits per heavy atom. The molecular weight excluding hydrogens is 328 g/mol. The van der Waals surface area contributed by atoms with Crippen LogP contribution in [0.15, 0.2) is 28.7 Å². The fourth-order valence-corrected chi connectivity index (χ4v) is 2.81. The summed E-state index contributed by atoms with van der Waals surface area (Å²) < 4.78 is 1.05. The zero-order valence-corrected chi connectivity index (χ0v) is 13.2. The standard InChI is InChI=1S/C14H19BrN2O.ClH/c15-12-5-3-11(4-6-12)9-17-13(18)14(10-16)7-1-2-8-14;/h3-6H,1-2,7-10,16H2,(H,17,18);1H. The lowest BCUT2D eigenvalue weighted by Crippen LogP contribution is -2.43. The first kappa shape index (κ1) is 16.5. The molecule has 1 aromatic rings. The van der Waals surface area contributed by atoms with Crippen molar-refractivity contribution in [3.8, 4) is 0 Å². The molecule has 1 fully saturated rings. The maximum absolute atomic E-state index is 12.2. The Bertz CT molecular complexity index is 416. The molecule has 1 amide bonds. The third kappa shape index (κ3) is 3.94. The fourth-order valence-electron chi connectivity index (χ4n) is 2.55. The summed E-state index contributed by atoms with van der Waals surface area (Å²) in [4.78, 5) is 12.2. The van der Waals surface area contributed by atoms with Crippen molar-refractivity contribution >= 4 is 34.2 Å². The van der Waals surface area contributed by atoms with Gasteiger partial charge in [-0.15, -0.1) is 12.4 Å². The molecule has 19 heavy (non-hydrogen) atoms. The Morgan fingerprint density at radius 1 is 1.26 bits per heavy atom. The normalized spacial score (nSPS) is 16.7. The zero-order chi connectivity index (χ0) is 13.0. The highest BCUT2D eigenvalue weighted by Gasteiger charge is 2.39. The molecule has 0 radical (unpaired) electrons. The molecular formula is C14H20BrClN2O. The largest absolute Gasteiger partial charge is 0.352 e. The number of carbonyl (C=O) groups is 1. The van der Waals surface area contributed by atoms with Crippen molar-refractivity contribution in [2.24, 2.45) is 11.1 Å². The molecule has 1 aromatic carbocycles. The van der Waals surface area contributed by atoms with E-state index in [-0.39, 0.29) is 23.7 Å². The molecule has 106 valence electrons. The van der Waals surface area contributed by atoms with Gasteiger partial charge in [0.2, 0.25) is 5.91 Å². The summed E-state index contributed by atoms with van der Waals surface area (Å²) in [5, 5.41) is 3.02. The van der Waals surface area contributed by atoms with Crippen LogP contribution in [0.3, 0.4) is 0 Å². The maximum Gasteiger partial charge on any atom is 0.227 e. The van der Waals surface area contributed by atoms with Crippen molar-refractivity contribution in [1.82, 2.24) is 5.32 Å². The first-order valence-electron chi connectivity index (χ1n) is 6.39. The van der Waals surface area contributed by atoms with Crippen molar-refractivity contribution in [2.75, 3.05) is 6.54 Å². The lowest BCUT2D eigenvalue weighted by Gasteiger charge is -2.25. The van der Waals surface area contributed by atoms with E-state index in [0.717, 1.165) is 35.7 Å². The van der Waals surface area contributed by atoms with E-state index in [9.17, 15) is 4.79 Å². The van der Waals surface area contributed by atoms with Crippen molar-refractivity contribution in [3.63, 3.8) is 0 Å². The van der Waals surface area contributed by atoms with E-state index in [0.29, 0.717) is 13.1 Å². The lowest BCUT2D eigenvalue weighted by atomic mass is 9.85. The summed E-state index contributed by atoms with van der Waals surface area (Å²) in [6.07, 6.45) is 4.08. The minimum Gasteiger partial charge on any atom is -0.352 e. The van der Waals surface area contributed by atoms with Gasteiger partial charge in [0.1, 0.15) is 0 Å². The van der Waals surface area contributed by atoms with Gasteiger partial charge in [-0.1, -0.05) is 40.9 Å². The number of nitrogens with one attached hydrogen (secondary N) is 1. The number of hydrogen-bond acceptors (Lipinski definition) is 2. The molecule has 5 heteroatoms. The van der Waals surface area contributed by atoms with Crippen LogP contribution < -0.4 is 11.1 Å². The van der Waals surface area contributed by atoms with Gasteiger partial charge in [-0.3, -0.25) is 4.79 Å². The predicted octanol–water partition coefficient (Wildman–Crippen LogP) is 3.01. The van der Waals surface area contributed by atoms with Crippen molar-refractivity contribution in [2.45, 2.75) is 32.2 Å². The number of halogens is 2. The maximum atomic E-state index is 12.2. The average Bonchev–Trinajstić information content (AvgIpc) is 2.88. The van der Waals surface area contributed by atoms with Gasteiger partial charge in [0, 0.05) is 17.6 Å². The molecule has 0 heterocycles. The molecule has 0 bridgehead atoms. The van der Waals surface area contributed by atoms with Crippen molar-refractivity contribution in [1.29, 1.82) is 0 Å². The molecule has 0 atom stereocenters. The SMILES string of the molecule is Cl.NCC1(C(=O)NCc2ccc(Br)cc2)CCCC1. The monoisotopic (exact) mass is 346 g/mol. The molecule has 3 N–H and O–H groups in total. The lowest BCUT2D eigenvalue weighted by molar-refractivity contribution is -0.130. The highest BCUT2D eigenvalue weighted by molar-refractivity contribution is 9.10. The fraction of sp³-hybridized carbons (Fsp3) is 0.500. The van der Waals surface area contributed by atoms with Crippen LogP contribution in [-0.4, -0.2) is 12.5 Å². The number of nitrogens with two attached hydrogens (primary N) is 1. The van der Waals surface area contributed by atoms with Gasteiger partial charge in [-0.25, -0.2) is 0 Å². The van der Waals surface area contributed by atoms with E-state index < -0.39 is 0 Å². The van der Waals surface area contributed by atoms with E-state index >= 15 is 0 Å². The highest BCUT2D eigenvalue weighted by Crippen LogP contribution is 2.37. The van der Waals surface area contributed by atoms with E-state index in [1.54, 1.807) is 0 Å². The third-order valence-corrected chi connectivity index (χ3v) is 4.33. The van der Waals surface area contributed by atoms with E-state index in [1.165, 1.54) is 0 Å². The summed E-state index contributed by atoms with van der Waals surface area (Å²) in [7, 11) is 0. The Balaban J connectivity index is 0.00000180. The average molecular weight is 348 g/mol. The Kier molecular flexibility index (Phi) is 6.30. The van der Waals surface area contributed by atoms with Crippen LogP contribution in [0.25, 0.3) is 0 Å². The molecule has 1 saturated carbocycles. The first-order valence-corrected chi connectivity index (χ1v) is 7.18. The van der Waals surface area contributed by atoms with Gasteiger partial charge in [0.05, 0.1) is 5.41 Å². The molecule has 0 aliphatic heterocycles. The van der Waals surface area contributed by atoms with Crippen LogP contribution in [0.4, 0.5) is 0 Å². The molecule has 2 rings (SSSR count). The van der Waals surface area contributed by atoms with Crippen molar-refractivity contribution in [3.05, 3.63) is 34.3 Å². The number of benzene rings is 1. The second-order valence-electron chi connectivity index (χ2n) is 5.00. The van der Waals surface area contributed by atoms with Gasteiger partial charge in [-0.2, -0.15) is 0 Å². The summed E-state index contributed by atoms with van der Waals surface area (Å²) in [5.74, 6) is 0.116. The molecule has 1 aliphatic rings. The Hall–Kier alpha value is -0.580. The molecule has 0 aromatic heterocycles. The second kappa shape index (κ2) is 7.27. The predicted molar refractivity (Wildman–Crippen MR) is 83.2 cm³/mol. The minimum absolute atomic E-state index is 0. The van der Waals surface area contributed by atoms with Crippen LogP contribution in [0.2, 0.25) is 0 Å². The summed E-state index contributed by atoms with van der Waals surface area (Å²) >= 11 is 3.40. The van der Waals surface area contributed by atoms with Gasteiger partial charge < -0.3 is 11.1 Å². The summed E-state index contributed by atoms with van der Waals surface area (Å²) in [6.45, 7) is 1.03. The number of hydrogen-bond donors (Lipinski definition) is 2. The summed E-state index contributed by atoms with van der Waals surface area (Å²) in [5.41, 5.74) is 6.59. The van der Waals surface area contributed by atoms with E-state index in [4.69, 9.17) is 5.73 Å². The molecule has 3 nitrogen and oxygen atoms in total. The second-order valence-corrected chi connectivity index (χ2v) is 5.92. The number of rotatable bonds is 4. The van der Waals surface area contributed by atoms with Crippen molar-refractivity contribution < 1.29 is 4.79 Å². The smallest absolute Gasteiger partial charge is 0.227 e. The highest BCUT2D eigenvalue weighted by atomic mass is 79.9. The van der Waals surface area contributed by atoms with Gasteiger partial charge in [-0.05, 0) is 30.5 Å². The summed E-state index contributed by atoms with van der Waals surface area (Å²) in [6, 6.07) is 7.98. The topological polar surface area (TPSA) is 55.1 Å². The Labute approximate surface area is 128 Å². The quantitative estimate of drug-likeness (QED) is 0.879. The number of amides is 1. The molecule has 0 unspecified atom stereocenters. The molecule has 1 aliphatic carbocycles. The number of carbonyl (C=O) groups excluding carboxylic acids is 1. The van der Waals surface area contributed by atoms with E-state index in [2.05, 4.69) is 21.2 Å².